The topological polar surface area (TPSA) is 138 Å². The van der Waals surface area contributed by atoms with Crippen LogP contribution >= 0.6 is 48.9 Å². The molecule has 0 radical (unpaired) electrons. The number of H-pyrrole nitrogens is 2. The Kier molecular flexibility index (Phi) is 7.25. The summed E-state index contributed by atoms with van der Waals surface area (Å²) in [6.07, 6.45) is 6.56. The van der Waals surface area contributed by atoms with Crippen molar-refractivity contribution in [2.24, 2.45) is 0 Å². The molecule has 0 saturated heterocycles. The number of imidazole rings is 2. The number of hydrogen-bond acceptors (Lipinski definition) is 10. The van der Waals surface area contributed by atoms with Gasteiger partial charge in [-0.25, -0.2) is 9.97 Å². The molecule has 4 rings (SSSR count). The van der Waals surface area contributed by atoms with E-state index in [4.69, 9.17) is 48.9 Å². The maximum atomic E-state index is 10.5. The third-order valence-electron chi connectivity index (χ3n) is 3.53. The van der Waals surface area contributed by atoms with Gasteiger partial charge in [0.2, 0.25) is 0 Å². The largest absolute Gasteiger partial charge is 2.00 e. The third kappa shape index (κ3) is 4.70. The van der Waals surface area contributed by atoms with E-state index in [1.807, 2.05) is 0 Å². The summed E-state index contributed by atoms with van der Waals surface area (Å²) in [7, 11) is 0. The monoisotopic (exact) mass is 510 g/mol. The number of nitrogens with one attached hydrogen (secondary N) is 2. The second kappa shape index (κ2) is 9.10. The Morgan fingerprint density at radius 3 is 1.38 bits per heavy atom. The Morgan fingerprint density at radius 1 is 0.724 bits per heavy atom. The van der Waals surface area contributed by atoms with Gasteiger partial charge in [0, 0.05) is 0 Å². The van der Waals surface area contributed by atoms with Crippen molar-refractivity contribution in [2.75, 3.05) is 0 Å². The van der Waals surface area contributed by atoms with Gasteiger partial charge in [-0.1, -0.05) is 48.9 Å². The van der Waals surface area contributed by atoms with E-state index < -0.39 is 11.9 Å². The van der Waals surface area contributed by atoms with Gasteiger partial charge in [0.05, 0.1) is 30.8 Å². The van der Waals surface area contributed by atoms with Gasteiger partial charge >= 0.3 is 19.5 Å². The first kappa shape index (κ1) is 23.1. The van der Waals surface area contributed by atoms with Crippen molar-refractivity contribution in [3.63, 3.8) is 0 Å². The third-order valence-corrected chi connectivity index (χ3v) is 5.30. The van der Waals surface area contributed by atoms with Gasteiger partial charge in [0.15, 0.2) is 11.6 Å². The van der Waals surface area contributed by atoms with Gasteiger partial charge in [-0.2, -0.15) is 0 Å². The van der Waals surface area contributed by atoms with Gasteiger partial charge in [0.1, 0.15) is 23.3 Å². The van der Waals surface area contributed by atoms with Crippen LogP contribution in [0.3, 0.4) is 0 Å². The average molecular weight is 512 g/mol. The molecule has 2 heterocycles. The number of carbonyl (C=O) groups excluding carboxylic acids is 2. The second-order valence-electron chi connectivity index (χ2n) is 5.32. The Labute approximate surface area is 197 Å². The molecule has 2 aromatic heterocycles. The number of aromatic carboxylic acids is 2. The Bertz CT molecular complexity index is 1070. The van der Waals surface area contributed by atoms with E-state index in [0.717, 1.165) is 0 Å². The molecule has 2 aromatic rings. The van der Waals surface area contributed by atoms with Crippen molar-refractivity contribution < 1.29 is 39.3 Å². The number of fused-ring (bicyclic) bond motifs is 2. The summed E-state index contributed by atoms with van der Waals surface area (Å²) >= 11 is 19.9. The predicted octanol–water partition coefficient (Wildman–Crippen LogP) is -0.227. The van der Waals surface area contributed by atoms with Gasteiger partial charge < -0.3 is 29.8 Å². The van der Waals surface area contributed by atoms with Crippen molar-refractivity contribution >= 4 is 92.4 Å². The van der Waals surface area contributed by atoms with Gasteiger partial charge in [-0.15, -0.1) is 0 Å². The number of carboxylic acids is 2. The van der Waals surface area contributed by atoms with Crippen LogP contribution in [0.15, 0.2) is 12.2 Å². The first-order valence-electron chi connectivity index (χ1n) is 7.35. The van der Waals surface area contributed by atoms with Crippen molar-refractivity contribution in [1.82, 2.24) is 19.9 Å². The van der Waals surface area contributed by atoms with Crippen LogP contribution in [-0.4, -0.2) is 51.3 Å². The SMILES string of the molecule is O=C([O-])c1nc2c([nH]1)C=CC(=S)C2=S.O=C([O-])c1nc2c([nH]1)C=CC(=S)C2=S.[Zn+2]. The first-order chi connectivity index (χ1) is 13.2. The van der Waals surface area contributed by atoms with Crippen LogP contribution in [0.5, 0.6) is 0 Å². The summed E-state index contributed by atoms with van der Waals surface area (Å²) in [5.41, 5.74) is 1.93. The van der Waals surface area contributed by atoms with Crippen molar-refractivity contribution in [2.45, 2.75) is 0 Å². The van der Waals surface area contributed by atoms with Crippen LogP contribution in [-0.2, 0) is 19.5 Å². The molecular weight excluding hydrogens is 506 g/mol. The van der Waals surface area contributed by atoms with E-state index in [1.165, 1.54) is 0 Å². The number of thiocarbonyl (C=S) groups is 4. The summed E-state index contributed by atoms with van der Waals surface area (Å²) < 4.78 is 0. The van der Waals surface area contributed by atoms with Crippen molar-refractivity contribution in [1.29, 1.82) is 0 Å². The molecule has 8 nitrogen and oxygen atoms in total. The van der Waals surface area contributed by atoms with Gasteiger partial charge in [0.25, 0.3) is 0 Å². The summed E-state index contributed by atoms with van der Waals surface area (Å²) in [6.45, 7) is 0. The van der Waals surface area contributed by atoms with E-state index in [1.54, 1.807) is 24.3 Å². The molecule has 0 atom stereocenters. The molecule has 0 amide bonds. The molecule has 2 aliphatic carbocycles. The maximum absolute atomic E-state index is 10.5. The van der Waals surface area contributed by atoms with Crippen LogP contribution in [0.25, 0.3) is 12.2 Å². The molecule has 140 valence electrons. The minimum atomic E-state index is -1.36. The van der Waals surface area contributed by atoms with E-state index >= 15 is 0 Å². The second-order valence-corrected chi connectivity index (χ2v) is 7.02. The maximum Gasteiger partial charge on any atom is 2.00 e. The molecule has 2 aliphatic rings. The zero-order chi connectivity index (χ0) is 20.6. The molecule has 2 N–H and O–H groups in total. The summed E-state index contributed by atoms with van der Waals surface area (Å²) in [4.78, 5) is 35.5. The first-order valence-corrected chi connectivity index (χ1v) is 8.98. The van der Waals surface area contributed by atoms with Crippen LogP contribution in [0.4, 0.5) is 0 Å². The van der Waals surface area contributed by atoms with Crippen LogP contribution in [0.2, 0.25) is 0 Å². The smallest absolute Gasteiger partial charge is 0.542 e. The minimum absolute atomic E-state index is 0. The molecular formula is C16H6N4O4S4Zn. The van der Waals surface area contributed by atoms with Gasteiger partial charge in [-0.3, -0.25) is 0 Å². The fraction of sp³-hybridized carbons (Fsp3) is 0. The molecule has 29 heavy (non-hydrogen) atoms. The van der Waals surface area contributed by atoms with Crippen molar-refractivity contribution in [3.05, 3.63) is 46.6 Å². The number of aromatic amines is 2. The molecule has 0 aromatic carbocycles. The molecule has 13 heteroatoms. The molecule has 0 spiro atoms. The van der Waals surface area contributed by atoms with Gasteiger partial charge in [-0.05, 0) is 24.3 Å². The zero-order valence-electron chi connectivity index (χ0n) is 14.2. The number of allylic oxidation sites excluding steroid dienone is 2. The Balaban J connectivity index is 0.000000200. The van der Waals surface area contributed by atoms with Crippen LogP contribution in [0.1, 0.15) is 44.0 Å². The van der Waals surface area contributed by atoms with Crippen LogP contribution in [0, 0.1) is 0 Å². The van der Waals surface area contributed by atoms with E-state index in [0.29, 0.717) is 42.2 Å². The standard InChI is InChI=1S/2C8H4N2O2S2.Zn/c2*11-8(12)7-9-3-1-2-4(13)6(14)5(3)10-7;/h2*1-2H,(H,9,10)(H,11,12);/q;;+2/p-2. The predicted molar refractivity (Wildman–Crippen MR) is 113 cm³/mol. The fourth-order valence-electron chi connectivity index (χ4n) is 2.26. The zero-order valence-corrected chi connectivity index (χ0v) is 20.4. The molecule has 0 aliphatic heterocycles. The number of aromatic nitrogens is 4. The molecule has 0 saturated carbocycles. The number of carbonyl (C=O) groups is 2. The summed E-state index contributed by atoms with van der Waals surface area (Å²) in [5, 5.41) is 21.0. The average Bonchev–Trinajstić information content (AvgIpc) is 3.27. The van der Waals surface area contributed by atoms with E-state index in [9.17, 15) is 19.8 Å². The van der Waals surface area contributed by atoms with Crippen molar-refractivity contribution in [3.8, 4) is 0 Å². The molecule has 0 fully saturated rings. The number of rotatable bonds is 2. The number of nitrogens with zero attached hydrogens (tertiary/aromatic N) is 2. The Hall–Kier alpha value is -2.18. The minimum Gasteiger partial charge on any atom is -0.542 e. The Morgan fingerprint density at radius 2 is 1.07 bits per heavy atom. The summed E-state index contributed by atoms with van der Waals surface area (Å²) in [6, 6.07) is 0. The molecule has 0 bridgehead atoms. The van der Waals surface area contributed by atoms with E-state index in [2.05, 4.69) is 19.9 Å². The number of carboxylic acid groups (broad SMARTS) is 2. The quantitative estimate of drug-likeness (QED) is 0.411. The normalized spacial score (nSPS) is 13.8. The van der Waals surface area contributed by atoms with E-state index in [-0.39, 0.29) is 31.1 Å². The number of hydrogen-bond donors (Lipinski definition) is 2. The fourth-order valence-corrected chi connectivity index (χ4v) is 3.03. The summed E-state index contributed by atoms with van der Waals surface area (Å²) in [5.74, 6) is -3.18. The molecule has 0 unspecified atom stereocenters. The van der Waals surface area contributed by atoms with Crippen LogP contribution < -0.4 is 10.2 Å².